The zero-order chi connectivity index (χ0) is 13.7. The average molecular weight is 323 g/mol. The fraction of sp³-hybridized carbons (Fsp3) is 0.308. The highest BCUT2D eigenvalue weighted by molar-refractivity contribution is 9.10. The van der Waals surface area contributed by atoms with Crippen molar-refractivity contribution in [1.82, 2.24) is 9.97 Å². The van der Waals surface area contributed by atoms with Crippen LogP contribution in [0.15, 0.2) is 29.0 Å². The Balaban J connectivity index is 1.99. The van der Waals surface area contributed by atoms with Crippen molar-refractivity contribution in [2.24, 2.45) is 5.73 Å². The molecule has 2 rings (SSSR count). The molecule has 0 bridgehead atoms. The number of rotatable bonds is 6. The number of nitrogens with zero attached hydrogens (tertiary/aromatic N) is 2. The van der Waals surface area contributed by atoms with Crippen LogP contribution >= 0.6 is 15.9 Å². The average Bonchev–Trinajstić information content (AvgIpc) is 2.37. The minimum absolute atomic E-state index is 0.249. The first-order valence-corrected chi connectivity index (χ1v) is 6.88. The van der Waals surface area contributed by atoms with E-state index < -0.39 is 0 Å². The lowest BCUT2D eigenvalue weighted by Gasteiger charge is -2.08. The molecule has 0 aliphatic heterocycles. The Bertz CT molecular complexity index is 588. The summed E-state index contributed by atoms with van der Waals surface area (Å²) in [6.45, 7) is 0.782. The van der Waals surface area contributed by atoms with E-state index in [1.165, 1.54) is 0 Å². The Hall–Kier alpha value is -1.69. The van der Waals surface area contributed by atoms with Crippen LogP contribution in [0.4, 0.5) is 5.69 Å². The van der Waals surface area contributed by atoms with Crippen molar-refractivity contribution in [1.29, 1.82) is 0 Å². The number of hydrogen-bond donors (Lipinski definition) is 2. The fourth-order valence-corrected chi connectivity index (χ4v) is 2.11. The van der Waals surface area contributed by atoms with Gasteiger partial charge in [0.25, 0.3) is 0 Å². The maximum absolute atomic E-state index is 10.6. The van der Waals surface area contributed by atoms with Crippen molar-refractivity contribution < 1.29 is 4.79 Å². The number of halogens is 1. The van der Waals surface area contributed by atoms with E-state index in [9.17, 15) is 4.79 Å². The van der Waals surface area contributed by atoms with Crippen LogP contribution in [0.1, 0.15) is 19.3 Å². The first kappa shape index (κ1) is 13.7. The van der Waals surface area contributed by atoms with Crippen LogP contribution in [0.25, 0.3) is 11.0 Å². The van der Waals surface area contributed by atoms with E-state index in [-0.39, 0.29) is 5.91 Å². The van der Waals surface area contributed by atoms with Gasteiger partial charge in [-0.2, -0.15) is 0 Å². The van der Waals surface area contributed by atoms with Crippen molar-refractivity contribution in [2.75, 3.05) is 11.9 Å². The SMILES string of the molecule is NC(=O)CCCCNc1ccnc2cc(Br)cnc12. The van der Waals surface area contributed by atoms with Gasteiger partial charge >= 0.3 is 0 Å². The number of aromatic nitrogens is 2. The second-order valence-electron chi connectivity index (χ2n) is 4.23. The summed E-state index contributed by atoms with van der Waals surface area (Å²) in [5.41, 5.74) is 7.74. The Morgan fingerprint density at radius 3 is 3.00 bits per heavy atom. The molecule has 2 aromatic rings. The van der Waals surface area contributed by atoms with Crippen LogP contribution in [0, 0.1) is 0 Å². The van der Waals surface area contributed by atoms with Gasteiger partial charge in [-0.3, -0.25) is 14.8 Å². The van der Waals surface area contributed by atoms with Gasteiger partial charge in [0.1, 0.15) is 5.52 Å². The first-order valence-electron chi connectivity index (χ1n) is 6.09. The van der Waals surface area contributed by atoms with Gasteiger partial charge in [0, 0.05) is 29.8 Å². The maximum Gasteiger partial charge on any atom is 0.217 e. The third kappa shape index (κ3) is 3.89. The van der Waals surface area contributed by atoms with Gasteiger partial charge in [-0.05, 0) is 40.9 Å². The van der Waals surface area contributed by atoms with Gasteiger partial charge in [-0.1, -0.05) is 0 Å². The van der Waals surface area contributed by atoms with Crippen LogP contribution < -0.4 is 11.1 Å². The quantitative estimate of drug-likeness (QED) is 0.800. The predicted molar refractivity (Wildman–Crippen MR) is 78.8 cm³/mol. The number of amides is 1. The van der Waals surface area contributed by atoms with Gasteiger partial charge < -0.3 is 11.1 Å². The summed E-state index contributed by atoms with van der Waals surface area (Å²) in [7, 11) is 0. The summed E-state index contributed by atoms with van der Waals surface area (Å²) in [5, 5.41) is 3.31. The predicted octanol–water partition coefficient (Wildman–Crippen LogP) is 2.46. The minimum atomic E-state index is -0.249. The maximum atomic E-state index is 10.6. The summed E-state index contributed by atoms with van der Waals surface area (Å²) < 4.78 is 0.908. The molecule has 0 atom stereocenters. The molecule has 19 heavy (non-hydrogen) atoms. The minimum Gasteiger partial charge on any atom is -0.383 e. The zero-order valence-corrected chi connectivity index (χ0v) is 12.0. The summed E-state index contributed by atoms with van der Waals surface area (Å²) in [4.78, 5) is 19.3. The molecule has 6 heteroatoms. The van der Waals surface area contributed by atoms with E-state index in [1.807, 2.05) is 12.1 Å². The first-order chi connectivity index (χ1) is 9.16. The van der Waals surface area contributed by atoms with Gasteiger partial charge in [0.05, 0.1) is 11.2 Å². The number of hydrogen-bond acceptors (Lipinski definition) is 4. The monoisotopic (exact) mass is 322 g/mol. The van der Waals surface area contributed by atoms with Crippen LogP contribution in [0.3, 0.4) is 0 Å². The summed E-state index contributed by atoms with van der Waals surface area (Å²) >= 11 is 3.38. The molecule has 1 amide bonds. The number of fused-ring (bicyclic) bond motifs is 1. The third-order valence-electron chi connectivity index (χ3n) is 2.71. The van der Waals surface area contributed by atoms with Crippen molar-refractivity contribution >= 4 is 38.6 Å². The molecular weight excluding hydrogens is 308 g/mol. The molecule has 100 valence electrons. The summed E-state index contributed by atoms with van der Waals surface area (Å²) in [5.74, 6) is -0.249. The molecule has 0 spiro atoms. The second kappa shape index (κ2) is 6.47. The number of nitrogens with two attached hydrogens (primary N) is 1. The van der Waals surface area contributed by atoms with E-state index in [4.69, 9.17) is 5.73 Å². The van der Waals surface area contributed by atoms with Gasteiger partial charge in [0.15, 0.2) is 0 Å². The zero-order valence-electron chi connectivity index (χ0n) is 10.4. The van der Waals surface area contributed by atoms with Crippen LogP contribution in [-0.4, -0.2) is 22.4 Å². The van der Waals surface area contributed by atoms with Crippen LogP contribution in [-0.2, 0) is 4.79 Å². The van der Waals surface area contributed by atoms with E-state index in [1.54, 1.807) is 12.4 Å². The van der Waals surface area contributed by atoms with Crippen molar-refractivity contribution in [3.05, 3.63) is 29.0 Å². The molecule has 0 radical (unpaired) electrons. The number of carbonyl (C=O) groups excluding carboxylic acids is 1. The van der Waals surface area contributed by atoms with Crippen molar-refractivity contribution in [3.8, 4) is 0 Å². The molecule has 0 saturated heterocycles. The lowest BCUT2D eigenvalue weighted by molar-refractivity contribution is -0.118. The molecule has 0 aliphatic rings. The largest absolute Gasteiger partial charge is 0.383 e. The Labute approximate surface area is 119 Å². The molecule has 5 nitrogen and oxygen atoms in total. The van der Waals surface area contributed by atoms with Crippen LogP contribution in [0.5, 0.6) is 0 Å². The summed E-state index contributed by atoms with van der Waals surface area (Å²) in [6.07, 6.45) is 5.63. The van der Waals surface area contributed by atoms with Gasteiger partial charge in [0.2, 0.25) is 5.91 Å². The van der Waals surface area contributed by atoms with E-state index in [0.717, 1.165) is 40.6 Å². The molecule has 0 aliphatic carbocycles. The van der Waals surface area contributed by atoms with Crippen molar-refractivity contribution in [2.45, 2.75) is 19.3 Å². The molecule has 0 aromatic carbocycles. The number of nitrogens with one attached hydrogen (secondary N) is 1. The number of primary amides is 1. The highest BCUT2D eigenvalue weighted by Gasteiger charge is 2.03. The molecule has 3 N–H and O–H groups in total. The molecule has 0 fully saturated rings. The smallest absolute Gasteiger partial charge is 0.217 e. The number of anilines is 1. The van der Waals surface area contributed by atoms with E-state index in [2.05, 4.69) is 31.2 Å². The second-order valence-corrected chi connectivity index (χ2v) is 5.15. The van der Waals surface area contributed by atoms with Gasteiger partial charge in [-0.15, -0.1) is 0 Å². The fourth-order valence-electron chi connectivity index (χ4n) is 1.80. The Kier molecular flexibility index (Phi) is 4.68. The Morgan fingerprint density at radius 1 is 1.37 bits per heavy atom. The van der Waals surface area contributed by atoms with Crippen LogP contribution in [0.2, 0.25) is 0 Å². The van der Waals surface area contributed by atoms with Crippen molar-refractivity contribution in [3.63, 3.8) is 0 Å². The lowest BCUT2D eigenvalue weighted by Crippen LogP contribution is -2.11. The van der Waals surface area contributed by atoms with Gasteiger partial charge in [-0.25, -0.2) is 0 Å². The molecule has 2 aromatic heterocycles. The van der Waals surface area contributed by atoms with E-state index >= 15 is 0 Å². The third-order valence-corrected chi connectivity index (χ3v) is 3.14. The topological polar surface area (TPSA) is 80.9 Å². The normalized spacial score (nSPS) is 10.6. The number of unbranched alkanes of at least 4 members (excludes halogenated alkanes) is 1. The lowest BCUT2D eigenvalue weighted by atomic mass is 10.2. The molecular formula is C13H15BrN4O. The number of carbonyl (C=O) groups is 1. The highest BCUT2D eigenvalue weighted by Crippen LogP contribution is 2.21. The summed E-state index contributed by atoms with van der Waals surface area (Å²) in [6, 6.07) is 3.83. The highest BCUT2D eigenvalue weighted by atomic mass is 79.9. The molecule has 0 saturated carbocycles. The van der Waals surface area contributed by atoms with E-state index in [0.29, 0.717) is 6.42 Å². The molecule has 2 heterocycles. The Morgan fingerprint density at radius 2 is 2.21 bits per heavy atom. The standard InChI is InChI=1S/C13H15BrN4O/c14-9-7-11-13(18-8-9)10(4-6-17-11)16-5-2-1-3-12(15)19/h4,6-8H,1-3,5H2,(H2,15,19)(H,16,17). The number of pyridine rings is 2. The molecule has 0 unspecified atom stereocenters.